The number of rotatable bonds is 3. The first-order chi connectivity index (χ1) is 8.95. The zero-order chi connectivity index (χ0) is 14.0. The Labute approximate surface area is 108 Å². The van der Waals surface area contributed by atoms with E-state index in [0.29, 0.717) is 5.56 Å². The Morgan fingerprint density at radius 3 is 2.21 bits per heavy atom. The summed E-state index contributed by atoms with van der Waals surface area (Å²) in [7, 11) is 0. The quantitative estimate of drug-likeness (QED) is 0.770. The monoisotopic (exact) mass is 264 g/mol. The van der Waals surface area contributed by atoms with Gasteiger partial charge in [0.25, 0.3) is 0 Å². The van der Waals surface area contributed by atoms with E-state index in [-0.39, 0.29) is 17.5 Å². The van der Waals surface area contributed by atoms with Crippen molar-refractivity contribution in [3.8, 4) is 0 Å². The molecule has 2 aromatic carbocycles. The molecule has 98 valence electrons. The standard InChI is InChI=1S/C15H11F3O/c1-9-2-3-13(14(18)4-9)15(19)7-10-5-11(16)8-12(17)6-10/h2-6,8H,7H2,1H3. The Hall–Kier alpha value is -2.10. The SMILES string of the molecule is Cc1ccc(C(=O)Cc2cc(F)cc(F)c2)c(F)c1. The van der Waals surface area contributed by atoms with Gasteiger partial charge in [-0.15, -0.1) is 0 Å². The van der Waals surface area contributed by atoms with Crippen molar-refractivity contribution in [3.05, 3.63) is 70.5 Å². The number of carbonyl (C=O) groups is 1. The lowest BCUT2D eigenvalue weighted by Gasteiger charge is -2.04. The lowest BCUT2D eigenvalue weighted by molar-refractivity contribution is 0.0989. The Morgan fingerprint density at radius 2 is 1.63 bits per heavy atom. The Kier molecular flexibility index (Phi) is 3.69. The maximum Gasteiger partial charge on any atom is 0.170 e. The van der Waals surface area contributed by atoms with Gasteiger partial charge in [0.1, 0.15) is 17.5 Å². The predicted molar refractivity (Wildman–Crippen MR) is 65.5 cm³/mol. The van der Waals surface area contributed by atoms with E-state index in [2.05, 4.69) is 0 Å². The number of hydrogen-bond donors (Lipinski definition) is 0. The smallest absolute Gasteiger partial charge is 0.170 e. The minimum absolute atomic E-state index is 0.0738. The summed E-state index contributed by atoms with van der Waals surface area (Å²) in [5.41, 5.74) is 0.809. The molecule has 0 aromatic heterocycles. The van der Waals surface area contributed by atoms with Crippen LogP contribution in [0, 0.1) is 24.4 Å². The van der Waals surface area contributed by atoms with Crippen LogP contribution in [0.5, 0.6) is 0 Å². The van der Waals surface area contributed by atoms with E-state index < -0.39 is 23.2 Å². The Bertz CT molecular complexity index is 615. The van der Waals surface area contributed by atoms with Crippen molar-refractivity contribution in [3.63, 3.8) is 0 Å². The molecular formula is C15H11F3O. The fourth-order valence-corrected chi connectivity index (χ4v) is 1.84. The summed E-state index contributed by atoms with van der Waals surface area (Å²) in [6, 6.07) is 7.09. The van der Waals surface area contributed by atoms with Crippen LogP contribution in [-0.2, 0) is 6.42 Å². The molecule has 0 N–H and O–H groups in total. The van der Waals surface area contributed by atoms with Gasteiger partial charge in [0.2, 0.25) is 0 Å². The van der Waals surface area contributed by atoms with Gasteiger partial charge in [0.15, 0.2) is 5.78 Å². The number of carbonyl (C=O) groups excluding carboxylic acids is 1. The lowest BCUT2D eigenvalue weighted by atomic mass is 10.0. The number of aryl methyl sites for hydroxylation is 1. The zero-order valence-corrected chi connectivity index (χ0v) is 10.2. The molecule has 4 heteroatoms. The van der Waals surface area contributed by atoms with Gasteiger partial charge >= 0.3 is 0 Å². The topological polar surface area (TPSA) is 17.1 Å². The van der Waals surface area contributed by atoms with E-state index in [9.17, 15) is 18.0 Å². The summed E-state index contributed by atoms with van der Waals surface area (Å²) in [4.78, 5) is 11.9. The van der Waals surface area contributed by atoms with E-state index >= 15 is 0 Å². The fourth-order valence-electron chi connectivity index (χ4n) is 1.84. The highest BCUT2D eigenvalue weighted by atomic mass is 19.1. The van der Waals surface area contributed by atoms with Crippen molar-refractivity contribution in [2.24, 2.45) is 0 Å². The third kappa shape index (κ3) is 3.22. The zero-order valence-electron chi connectivity index (χ0n) is 10.2. The highest BCUT2D eigenvalue weighted by Gasteiger charge is 2.13. The minimum Gasteiger partial charge on any atom is -0.294 e. The van der Waals surface area contributed by atoms with Crippen LogP contribution in [0.3, 0.4) is 0 Å². The van der Waals surface area contributed by atoms with Crippen LogP contribution in [0.2, 0.25) is 0 Å². The fraction of sp³-hybridized carbons (Fsp3) is 0.133. The number of hydrogen-bond acceptors (Lipinski definition) is 1. The van der Waals surface area contributed by atoms with Crippen molar-refractivity contribution in [2.45, 2.75) is 13.3 Å². The van der Waals surface area contributed by atoms with Crippen LogP contribution in [0.1, 0.15) is 21.5 Å². The first kappa shape index (κ1) is 13.3. The molecule has 0 aliphatic rings. The average molecular weight is 264 g/mol. The number of halogens is 3. The molecule has 0 saturated heterocycles. The van der Waals surface area contributed by atoms with Crippen molar-refractivity contribution in [1.82, 2.24) is 0 Å². The van der Waals surface area contributed by atoms with Gasteiger partial charge in [-0.2, -0.15) is 0 Å². The van der Waals surface area contributed by atoms with Crippen LogP contribution >= 0.6 is 0 Å². The van der Waals surface area contributed by atoms with Gasteiger partial charge in [-0.25, -0.2) is 13.2 Å². The molecule has 2 aromatic rings. The van der Waals surface area contributed by atoms with Gasteiger partial charge in [-0.3, -0.25) is 4.79 Å². The molecule has 0 atom stereocenters. The molecule has 0 bridgehead atoms. The summed E-state index contributed by atoms with van der Waals surface area (Å²) in [6.45, 7) is 1.71. The second-order valence-corrected chi connectivity index (χ2v) is 4.36. The second-order valence-electron chi connectivity index (χ2n) is 4.36. The molecule has 0 fully saturated rings. The molecular weight excluding hydrogens is 253 g/mol. The molecule has 0 amide bonds. The summed E-state index contributed by atoms with van der Waals surface area (Å²) in [6.07, 6.45) is -0.241. The number of Topliss-reactive ketones (excluding diaryl/α,β-unsaturated/α-hetero) is 1. The van der Waals surface area contributed by atoms with Crippen LogP contribution < -0.4 is 0 Å². The van der Waals surface area contributed by atoms with Crippen molar-refractivity contribution in [2.75, 3.05) is 0 Å². The molecule has 1 nitrogen and oxygen atoms in total. The third-order valence-corrected chi connectivity index (χ3v) is 2.71. The molecule has 0 aliphatic carbocycles. The predicted octanol–water partition coefficient (Wildman–Crippen LogP) is 3.84. The largest absolute Gasteiger partial charge is 0.294 e. The van der Waals surface area contributed by atoms with E-state index in [1.807, 2.05) is 0 Å². The van der Waals surface area contributed by atoms with Gasteiger partial charge in [-0.1, -0.05) is 6.07 Å². The third-order valence-electron chi connectivity index (χ3n) is 2.71. The van der Waals surface area contributed by atoms with E-state index in [4.69, 9.17) is 0 Å². The number of ketones is 1. The Balaban J connectivity index is 2.25. The van der Waals surface area contributed by atoms with Gasteiger partial charge < -0.3 is 0 Å². The molecule has 0 saturated carbocycles. The molecule has 0 radical (unpaired) electrons. The molecule has 0 spiro atoms. The molecule has 2 rings (SSSR count). The summed E-state index contributed by atoms with van der Waals surface area (Å²) in [5, 5.41) is 0. The summed E-state index contributed by atoms with van der Waals surface area (Å²) >= 11 is 0. The maximum absolute atomic E-state index is 13.6. The van der Waals surface area contributed by atoms with Gasteiger partial charge in [0.05, 0.1) is 5.56 Å². The minimum atomic E-state index is -0.757. The highest BCUT2D eigenvalue weighted by Crippen LogP contribution is 2.15. The normalized spacial score (nSPS) is 10.5. The van der Waals surface area contributed by atoms with Crippen LogP contribution in [0.25, 0.3) is 0 Å². The first-order valence-electron chi connectivity index (χ1n) is 5.70. The van der Waals surface area contributed by atoms with E-state index in [1.165, 1.54) is 12.1 Å². The van der Waals surface area contributed by atoms with Gasteiger partial charge in [-0.05, 0) is 42.3 Å². The Morgan fingerprint density at radius 1 is 1.00 bits per heavy atom. The van der Waals surface area contributed by atoms with Crippen molar-refractivity contribution in [1.29, 1.82) is 0 Å². The summed E-state index contributed by atoms with van der Waals surface area (Å²) in [5.74, 6) is -2.65. The molecule has 0 aliphatic heterocycles. The highest BCUT2D eigenvalue weighted by molar-refractivity contribution is 5.97. The lowest BCUT2D eigenvalue weighted by Crippen LogP contribution is -2.07. The summed E-state index contributed by atoms with van der Waals surface area (Å²) < 4.78 is 39.6. The molecule has 0 unspecified atom stereocenters. The molecule has 0 heterocycles. The van der Waals surface area contributed by atoms with Crippen LogP contribution in [0.4, 0.5) is 13.2 Å². The van der Waals surface area contributed by atoms with E-state index in [0.717, 1.165) is 18.2 Å². The average Bonchev–Trinajstić information content (AvgIpc) is 2.26. The van der Waals surface area contributed by atoms with Crippen molar-refractivity contribution < 1.29 is 18.0 Å². The van der Waals surface area contributed by atoms with Crippen LogP contribution in [0.15, 0.2) is 36.4 Å². The van der Waals surface area contributed by atoms with Gasteiger partial charge in [0, 0.05) is 12.5 Å². The van der Waals surface area contributed by atoms with E-state index in [1.54, 1.807) is 13.0 Å². The first-order valence-corrected chi connectivity index (χ1v) is 5.70. The molecule has 19 heavy (non-hydrogen) atoms. The van der Waals surface area contributed by atoms with Crippen LogP contribution in [-0.4, -0.2) is 5.78 Å². The maximum atomic E-state index is 13.6. The van der Waals surface area contributed by atoms with Crippen molar-refractivity contribution >= 4 is 5.78 Å². The second kappa shape index (κ2) is 5.26. The number of benzene rings is 2.